The van der Waals surface area contributed by atoms with Crippen molar-refractivity contribution in [3.8, 4) is 11.1 Å². The Morgan fingerprint density at radius 2 is 1.94 bits per heavy atom. The van der Waals surface area contributed by atoms with E-state index in [1.807, 2.05) is 33.9 Å². The third-order valence-corrected chi connectivity index (χ3v) is 6.77. The van der Waals surface area contributed by atoms with Crippen molar-refractivity contribution in [1.82, 2.24) is 34.7 Å². The molecule has 6 rings (SSSR count). The lowest BCUT2D eigenvalue weighted by atomic mass is 10.0. The van der Waals surface area contributed by atoms with Crippen LogP contribution in [0.15, 0.2) is 49.1 Å². The maximum Gasteiger partial charge on any atom is 0.246 e. The van der Waals surface area contributed by atoms with Gasteiger partial charge in [-0.25, -0.2) is 14.5 Å². The number of nitrogens with one attached hydrogen (secondary N) is 2. The van der Waals surface area contributed by atoms with Crippen LogP contribution in [-0.4, -0.2) is 55.5 Å². The van der Waals surface area contributed by atoms with E-state index in [0.29, 0.717) is 12.0 Å². The molecule has 0 aromatic carbocycles. The number of aromatic nitrogens is 6. The summed E-state index contributed by atoms with van der Waals surface area (Å²) in [5.41, 5.74) is 6.82. The molecule has 1 aliphatic heterocycles. The summed E-state index contributed by atoms with van der Waals surface area (Å²) in [6.07, 6.45) is 13.5. The minimum atomic E-state index is 0.316. The van der Waals surface area contributed by atoms with Crippen molar-refractivity contribution in [2.75, 3.05) is 36.4 Å². The number of nitrogens with zero attached hydrogens (tertiary/aromatic N) is 7. The van der Waals surface area contributed by atoms with Crippen LogP contribution in [0.5, 0.6) is 0 Å². The molecule has 0 spiro atoms. The van der Waals surface area contributed by atoms with Crippen LogP contribution in [0.2, 0.25) is 0 Å². The third-order valence-electron chi connectivity index (χ3n) is 6.77. The number of piperazine rings is 1. The van der Waals surface area contributed by atoms with E-state index in [4.69, 9.17) is 5.10 Å². The van der Waals surface area contributed by atoms with Crippen molar-refractivity contribution >= 4 is 28.5 Å². The van der Waals surface area contributed by atoms with Gasteiger partial charge in [0.05, 0.1) is 35.5 Å². The summed E-state index contributed by atoms with van der Waals surface area (Å²) in [7, 11) is 0. The number of rotatable bonds is 6. The Hall–Kier alpha value is -3.72. The minimum Gasteiger partial charge on any atom is -0.368 e. The molecule has 0 amide bonds. The first-order valence-electron chi connectivity index (χ1n) is 12.5. The molecule has 4 aromatic heterocycles. The predicted molar refractivity (Wildman–Crippen MR) is 139 cm³/mol. The first kappa shape index (κ1) is 21.8. The molecule has 4 aromatic rings. The first-order valence-corrected chi connectivity index (χ1v) is 12.5. The number of anilines is 3. The molecule has 0 radical (unpaired) electrons. The Morgan fingerprint density at radius 3 is 2.66 bits per heavy atom. The standard InChI is InChI=1S/C26H31N9/c1-18(2)34-17-20(14-30-34)23-13-22-16-29-26(32-35(22)25(23)19-5-3-4-6-19)31-24-8-7-21(15-28-24)33-11-9-27-10-12-33/h5,7-8,13-18,27H,3-4,6,9-12H2,1-2H3,(H,28,31,32). The van der Waals surface area contributed by atoms with Crippen molar-refractivity contribution < 1.29 is 0 Å². The normalized spacial score (nSPS) is 16.3. The highest BCUT2D eigenvalue weighted by molar-refractivity contribution is 5.84. The van der Waals surface area contributed by atoms with Crippen molar-refractivity contribution in [3.63, 3.8) is 0 Å². The number of hydrogen-bond donors (Lipinski definition) is 2. The van der Waals surface area contributed by atoms with Crippen LogP contribution in [0.25, 0.3) is 22.2 Å². The fourth-order valence-corrected chi connectivity index (χ4v) is 4.88. The van der Waals surface area contributed by atoms with Crippen LogP contribution in [0, 0.1) is 0 Å². The van der Waals surface area contributed by atoms with E-state index in [0.717, 1.165) is 72.9 Å². The average Bonchev–Trinajstić information content (AvgIpc) is 3.64. The van der Waals surface area contributed by atoms with Crippen LogP contribution in [0.1, 0.15) is 44.8 Å². The summed E-state index contributed by atoms with van der Waals surface area (Å²) in [5.74, 6) is 1.26. The maximum atomic E-state index is 4.88. The zero-order chi connectivity index (χ0) is 23.8. The van der Waals surface area contributed by atoms with E-state index in [1.54, 1.807) is 0 Å². The predicted octanol–water partition coefficient (Wildman–Crippen LogP) is 4.29. The highest BCUT2D eigenvalue weighted by atomic mass is 15.3. The highest BCUT2D eigenvalue weighted by Crippen LogP contribution is 2.37. The van der Waals surface area contributed by atoms with Crippen LogP contribution in [0.3, 0.4) is 0 Å². The monoisotopic (exact) mass is 469 g/mol. The van der Waals surface area contributed by atoms with Gasteiger partial charge in [0.25, 0.3) is 0 Å². The van der Waals surface area contributed by atoms with Gasteiger partial charge >= 0.3 is 0 Å². The van der Waals surface area contributed by atoms with Gasteiger partial charge in [-0.05, 0) is 56.9 Å². The summed E-state index contributed by atoms with van der Waals surface area (Å²) in [4.78, 5) is 11.5. The molecule has 0 atom stereocenters. The molecule has 0 saturated carbocycles. The maximum absolute atomic E-state index is 4.88. The molecule has 9 heteroatoms. The molecule has 0 unspecified atom stereocenters. The van der Waals surface area contributed by atoms with Crippen molar-refractivity contribution in [1.29, 1.82) is 0 Å². The number of hydrogen-bond acceptors (Lipinski definition) is 7. The van der Waals surface area contributed by atoms with Gasteiger partial charge in [0.15, 0.2) is 0 Å². The topological polar surface area (TPSA) is 88.2 Å². The van der Waals surface area contributed by atoms with Gasteiger partial charge < -0.3 is 15.5 Å². The van der Waals surface area contributed by atoms with E-state index < -0.39 is 0 Å². The van der Waals surface area contributed by atoms with E-state index in [-0.39, 0.29) is 0 Å². The van der Waals surface area contributed by atoms with E-state index in [9.17, 15) is 0 Å². The van der Waals surface area contributed by atoms with Crippen LogP contribution >= 0.6 is 0 Å². The van der Waals surface area contributed by atoms with Gasteiger partial charge in [-0.15, -0.1) is 5.10 Å². The van der Waals surface area contributed by atoms with Gasteiger partial charge in [-0.1, -0.05) is 6.08 Å². The largest absolute Gasteiger partial charge is 0.368 e. The van der Waals surface area contributed by atoms with Gasteiger partial charge in [0, 0.05) is 49.5 Å². The second-order valence-electron chi connectivity index (χ2n) is 9.51. The Morgan fingerprint density at radius 1 is 1.06 bits per heavy atom. The molecule has 1 aliphatic carbocycles. The molecule has 1 fully saturated rings. The molecule has 9 nitrogen and oxygen atoms in total. The summed E-state index contributed by atoms with van der Waals surface area (Å²) in [6, 6.07) is 6.58. The highest BCUT2D eigenvalue weighted by Gasteiger charge is 2.21. The molecule has 180 valence electrons. The molecular formula is C26H31N9. The average molecular weight is 470 g/mol. The Kier molecular flexibility index (Phi) is 5.69. The summed E-state index contributed by atoms with van der Waals surface area (Å²) in [6.45, 7) is 8.29. The SMILES string of the molecule is CC(C)n1cc(-c2cc3cnc(Nc4ccc(N5CCNCC5)cn4)nn3c2C2=CCCC2)cn1. The van der Waals surface area contributed by atoms with Crippen LogP contribution < -0.4 is 15.5 Å². The molecule has 35 heavy (non-hydrogen) atoms. The third kappa shape index (κ3) is 4.27. The number of pyridine rings is 1. The van der Waals surface area contributed by atoms with Crippen LogP contribution in [0.4, 0.5) is 17.5 Å². The molecule has 5 heterocycles. The minimum absolute atomic E-state index is 0.316. The van der Waals surface area contributed by atoms with Gasteiger partial charge in [0.1, 0.15) is 5.82 Å². The summed E-state index contributed by atoms with van der Waals surface area (Å²) < 4.78 is 4.02. The summed E-state index contributed by atoms with van der Waals surface area (Å²) in [5, 5.41) is 16.1. The van der Waals surface area contributed by atoms with Gasteiger partial charge in [0.2, 0.25) is 5.95 Å². The zero-order valence-corrected chi connectivity index (χ0v) is 20.3. The van der Waals surface area contributed by atoms with E-state index in [1.165, 1.54) is 12.0 Å². The summed E-state index contributed by atoms with van der Waals surface area (Å²) >= 11 is 0. The van der Waals surface area contributed by atoms with E-state index in [2.05, 4.69) is 68.9 Å². The number of fused-ring (bicyclic) bond motifs is 1. The molecular weight excluding hydrogens is 438 g/mol. The lowest BCUT2D eigenvalue weighted by Gasteiger charge is -2.29. The second kappa shape index (κ2) is 9.14. The van der Waals surface area contributed by atoms with Gasteiger partial charge in [-0.3, -0.25) is 4.68 Å². The zero-order valence-electron chi connectivity index (χ0n) is 20.3. The molecule has 1 saturated heterocycles. The van der Waals surface area contributed by atoms with E-state index >= 15 is 0 Å². The second-order valence-corrected chi connectivity index (χ2v) is 9.51. The Labute approximate surface area is 204 Å². The van der Waals surface area contributed by atoms with Crippen molar-refractivity contribution in [2.45, 2.75) is 39.2 Å². The lowest BCUT2D eigenvalue weighted by Crippen LogP contribution is -2.43. The van der Waals surface area contributed by atoms with Crippen LogP contribution in [-0.2, 0) is 0 Å². The quantitative estimate of drug-likeness (QED) is 0.435. The lowest BCUT2D eigenvalue weighted by molar-refractivity contribution is 0.532. The van der Waals surface area contributed by atoms with Gasteiger partial charge in [-0.2, -0.15) is 5.10 Å². The molecule has 2 N–H and O–H groups in total. The fraction of sp³-hybridized carbons (Fsp3) is 0.385. The smallest absolute Gasteiger partial charge is 0.246 e. The molecule has 0 bridgehead atoms. The number of allylic oxidation sites excluding steroid dienone is 2. The Balaban J connectivity index is 1.33. The fourth-order valence-electron chi connectivity index (χ4n) is 4.88. The van der Waals surface area contributed by atoms with Crippen molar-refractivity contribution in [2.24, 2.45) is 0 Å². The first-order chi connectivity index (χ1) is 17.2. The Bertz CT molecular complexity index is 1360. The van der Waals surface area contributed by atoms with Crippen molar-refractivity contribution in [3.05, 3.63) is 54.8 Å². The molecule has 2 aliphatic rings.